The topological polar surface area (TPSA) is 108 Å². The van der Waals surface area contributed by atoms with E-state index < -0.39 is 10.8 Å². The summed E-state index contributed by atoms with van der Waals surface area (Å²) < 4.78 is 0. The molecule has 0 radical (unpaired) electrons. The third-order valence-electron chi connectivity index (χ3n) is 2.87. The van der Waals surface area contributed by atoms with Gasteiger partial charge < -0.3 is 10.6 Å². The number of nitrogens with zero attached hydrogens (tertiary/aromatic N) is 2. The molecule has 0 saturated carbocycles. The Balaban J connectivity index is 2.15. The standard InChI is InChI=1S/C16H12N4O3/c17-10-12(11-18-13-6-2-1-3-7-13)16(21)19-14-8-4-5-9-15(14)20(22)23/h1-9,11,18H,(H,19,21)/b12-11-. The number of para-hydroxylation sites is 3. The van der Waals surface area contributed by atoms with E-state index >= 15 is 0 Å². The fourth-order valence-corrected chi connectivity index (χ4v) is 1.77. The second-order valence-electron chi connectivity index (χ2n) is 4.41. The molecule has 2 aromatic rings. The first kappa shape index (κ1) is 15.7. The summed E-state index contributed by atoms with van der Waals surface area (Å²) in [5, 5.41) is 25.2. The maximum absolute atomic E-state index is 12.1. The third-order valence-corrected chi connectivity index (χ3v) is 2.87. The van der Waals surface area contributed by atoms with Gasteiger partial charge in [-0.05, 0) is 18.2 Å². The van der Waals surface area contributed by atoms with Crippen molar-refractivity contribution in [2.24, 2.45) is 0 Å². The van der Waals surface area contributed by atoms with Gasteiger partial charge in [-0.15, -0.1) is 0 Å². The fraction of sp³-hybridized carbons (Fsp3) is 0. The highest BCUT2D eigenvalue weighted by Gasteiger charge is 2.17. The average Bonchev–Trinajstić information content (AvgIpc) is 2.56. The Hall–Kier alpha value is -3.66. The Labute approximate surface area is 132 Å². The van der Waals surface area contributed by atoms with Gasteiger partial charge in [-0.2, -0.15) is 5.26 Å². The summed E-state index contributed by atoms with van der Waals surface area (Å²) in [5.74, 6) is -0.731. The highest BCUT2D eigenvalue weighted by molar-refractivity contribution is 6.07. The minimum absolute atomic E-state index is 0.0309. The highest BCUT2D eigenvalue weighted by Crippen LogP contribution is 2.23. The summed E-state index contributed by atoms with van der Waals surface area (Å²) in [5.41, 5.74) is 0.295. The molecule has 0 aliphatic carbocycles. The SMILES string of the molecule is N#C/C(=C/Nc1ccccc1)C(=O)Nc1ccccc1[N+](=O)[O-]. The zero-order valence-electron chi connectivity index (χ0n) is 11.9. The van der Waals surface area contributed by atoms with Crippen LogP contribution in [0, 0.1) is 21.4 Å². The van der Waals surface area contributed by atoms with Gasteiger partial charge in [-0.25, -0.2) is 0 Å². The van der Waals surface area contributed by atoms with Crippen LogP contribution in [-0.4, -0.2) is 10.8 Å². The molecule has 114 valence electrons. The van der Waals surface area contributed by atoms with Gasteiger partial charge >= 0.3 is 0 Å². The predicted molar refractivity (Wildman–Crippen MR) is 85.5 cm³/mol. The Morgan fingerprint density at radius 3 is 2.43 bits per heavy atom. The summed E-state index contributed by atoms with van der Waals surface area (Å²) >= 11 is 0. The lowest BCUT2D eigenvalue weighted by Gasteiger charge is -2.05. The van der Waals surface area contributed by atoms with Crippen molar-refractivity contribution in [2.75, 3.05) is 10.6 Å². The van der Waals surface area contributed by atoms with Gasteiger partial charge in [-0.3, -0.25) is 14.9 Å². The molecule has 0 saturated heterocycles. The summed E-state index contributed by atoms with van der Waals surface area (Å²) in [6.45, 7) is 0. The zero-order valence-corrected chi connectivity index (χ0v) is 11.9. The zero-order chi connectivity index (χ0) is 16.7. The number of carbonyl (C=O) groups excluding carboxylic acids is 1. The molecule has 2 aromatic carbocycles. The Kier molecular flexibility index (Phi) is 5.04. The first-order valence-electron chi connectivity index (χ1n) is 6.58. The van der Waals surface area contributed by atoms with E-state index in [2.05, 4.69) is 10.6 Å². The molecule has 7 heteroatoms. The molecule has 0 aliphatic rings. The van der Waals surface area contributed by atoms with E-state index in [4.69, 9.17) is 5.26 Å². The molecule has 2 rings (SSSR count). The van der Waals surface area contributed by atoms with Gasteiger partial charge in [0.2, 0.25) is 0 Å². The van der Waals surface area contributed by atoms with Crippen molar-refractivity contribution >= 4 is 23.0 Å². The Bertz CT molecular complexity index is 794. The Morgan fingerprint density at radius 1 is 1.13 bits per heavy atom. The maximum atomic E-state index is 12.1. The number of benzene rings is 2. The number of nitro groups is 1. The van der Waals surface area contributed by atoms with E-state index in [9.17, 15) is 14.9 Å². The summed E-state index contributed by atoms with van der Waals surface area (Å²) in [4.78, 5) is 22.4. The van der Waals surface area contributed by atoms with E-state index in [1.807, 2.05) is 6.07 Å². The van der Waals surface area contributed by atoms with Crippen LogP contribution in [-0.2, 0) is 4.79 Å². The van der Waals surface area contributed by atoms with Gasteiger partial charge in [-0.1, -0.05) is 30.3 Å². The normalized spacial score (nSPS) is 10.5. The monoisotopic (exact) mass is 308 g/mol. The molecule has 0 unspecified atom stereocenters. The minimum atomic E-state index is -0.731. The number of amides is 1. The second-order valence-corrected chi connectivity index (χ2v) is 4.41. The van der Waals surface area contributed by atoms with Crippen LogP contribution in [0.1, 0.15) is 0 Å². The number of hydrogen-bond acceptors (Lipinski definition) is 5. The van der Waals surface area contributed by atoms with Gasteiger partial charge in [0.25, 0.3) is 11.6 Å². The van der Waals surface area contributed by atoms with E-state index in [-0.39, 0.29) is 16.9 Å². The molecule has 7 nitrogen and oxygen atoms in total. The number of rotatable bonds is 5. The molecular formula is C16H12N4O3. The van der Waals surface area contributed by atoms with E-state index in [1.54, 1.807) is 36.4 Å². The molecule has 0 aromatic heterocycles. The van der Waals surface area contributed by atoms with Crippen LogP contribution in [0.4, 0.5) is 17.1 Å². The molecule has 0 bridgehead atoms. The smallest absolute Gasteiger partial charge is 0.292 e. The van der Waals surface area contributed by atoms with Crippen LogP contribution >= 0.6 is 0 Å². The summed E-state index contributed by atoms with van der Waals surface area (Å²) in [7, 11) is 0. The van der Waals surface area contributed by atoms with Crippen molar-refractivity contribution < 1.29 is 9.72 Å². The van der Waals surface area contributed by atoms with Gasteiger partial charge in [0, 0.05) is 18.0 Å². The largest absolute Gasteiger partial charge is 0.360 e. The lowest BCUT2D eigenvalue weighted by atomic mass is 10.2. The van der Waals surface area contributed by atoms with Crippen molar-refractivity contribution in [1.29, 1.82) is 5.26 Å². The fourth-order valence-electron chi connectivity index (χ4n) is 1.77. The van der Waals surface area contributed by atoms with Crippen molar-refractivity contribution in [3.8, 4) is 6.07 Å². The number of nitriles is 1. The first-order valence-corrected chi connectivity index (χ1v) is 6.58. The van der Waals surface area contributed by atoms with Crippen molar-refractivity contribution in [3.05, 3.63) is 76.5 Å². The quantitative estimate of drug-likeness (QED) is 0.382. The van der Waals surface area contributed by atoms with Crippen LogP contribution in [0.15, 0.2) is 66.4 Å². The maximum Gasteiger partial charge on any atom is 0.292 e. The number of nitro benzene ring substituents is 1. The molecule has 1 amide bonds. The molecular weight excluding hydrogens is 296 g/mol. The number of nitrogens with one attached hydrogen (secondary N) is 2. The molecule has 0 atom stereocenters. The van der Waals surface area contributed by atoms with Crippen LogP contribution in [0.2, 0.25) is 0 Å². The molecule has 2 N–H and O–H groups in total. The van der Waals surface area contributed by atoms with Crippen molar-refractivity contribution in [3.63, 3.8) is 0 Å². The predicted octanol–water partition coefficient (Wildman–Crippen LogP) is 3.05. The van der Waals surface area contributed by atoms with Crippen LogP contribution in [0.3, 0.4) is 0 Å². The lowest BCUT2D eigenvalue weighted by Crippen LogP contribution is -2.15. The minimum Gasteiger partial charge on any atom is -0.360 e. The van der Waals surface area contributed by atoms with E-state index in [0.717, 1.165) is 0 Å². The lowest BCUT2D eigenvalue weighted by molar-refractivity contribution is -0.383. The van der Waals surface area contributed by atoms with Crippen molar-refractivity contribution in [1.82, 2.24) is 0 Å². The summed E-state index contributed by atoms with van der Waals surface area (Å²) in [6, 6.07) is 16.5. The Morgan fingerprint density at radius 2 is 1.78 bits per heavy atom. The highest BCUT2D eigenvalue weighted by atomic mass is 16.6. The first-order chi connectivity index (χ1) is 11.1. The van der Waals surface area contributed by atoms with Crippen LogP contribution in [0.25, 0.3) is 0 Å². The molecule has 23 heavy (non-hydrogen) atoms. The van der Waals surface area contributed by atoms with Crippen LogP contribution in [0.5, 0.6) is 0 Å². The van der Waals surface area contributed by atoms with Gasteiger partial charge in [0.15, 0.2) is 0 Å². The van der Waals surface area contributed by atoms with Gasteiger partial charge in [0.05, 0.1) is 4.92 Å². The molecule has 0 aliphatic heterocycles. The third kappa shape index (κ3) is 4.15. The summed E-state index contributed by atoms with van der Waals surface area (Å²) in [6.07, 6.45) is 1.25. The molecule has 0 fully saturated rings. The molecule has 0 spiro atoms. The van der Waals surface area contributed by atoms with E-state index in [1.165, 1.54) is 24.4 Å². The number of anilines is 2. The number of carbonyl (C=O) groups is 1. The molecule has 0 heterocycles. The van der Waals surface area contributed by atoms with E-state index in [0.29, 0.717) is 5.69 Å². The van der Waals surface area contributed by atoms with Crippen molar-refractivity contribution in [2.45, 2.75) is 0 Å². The van der Waals surface area contributed by atoms with Gasteiger partial charge in [0.1, 0.15) is 17.3 Å². The van der Waals surface area contributed by atoms with Crippen LogP contribution < -0.4 is 10.6 Å². The average molecular weight is 308 g/mol. The second kappa shape index (κ2) is 7.38. The number of hydrogen-bond donors (Lipinski definition) is 2.